The van der Waals surface area contributed by atoms with Crippen LogP contribution in [0.25, 0.3) is 83.9 Å². The molecule has 0 fully saturated rings. The Kier molecular flexibility index (Phi) is 8.24. The minimum atomic E-state index is -2.31. The van der Waals surface area contributed by atoms with Crippen LogP contribution in [-0.2, 0) is 26.5 Å². The quantitative estimate of drug-likeness (QED) is 0.169. The van der Waals surface area contributed by atoms with Gasteiger partial charge in [0.2, 0.25) is 0 Å². The van der Waals surface area contributed by atoms with Crippen LogP contribution >= 0.6 is 0 Å². The fourth-order valence-corrected chi connectivity index (χ4v) is 8.54. The van der Waals surface area contributed by atoms with Gasteiger partial charge in [0.05, 0.1) is 22.3 Å². The first-order valence-electron chi connectivity index (χ1n) is 20.3. The average Bonchev–Trinajstić information content (AvgIpc) is 3.76. The molecular weight excluding hydrogens is 878 g/mol. The maximum atomic E-state index is 11.4. The number of aromatic hydroxyl groups is 1. The third-order valence-corrected chi connectivity index (χ3v) is 11.1. The molecule has 0 amide bonds. The first-order chi connectivity index (χ1) is 28.6. The molecule has 0 unspecified atom stereocenters. The van der Waals surface area contributed by atoms with E-state index in [1.54, 1.807) is 24.3 Å². The fourth-order valence-electron chi connectivity index (χ4n) is 8.54. The molecule has 1 N–H and O–H groups in total. The molecule has 0 saturated carbocycles. The molecule has 2 heterocycles. The number of para-hydroxylation sites is 2. The summed E-state index contributed by atoms with van der Waals surface area (Å²) in [6.07, 6.45) is 1.86. The number of nitrogens with zero attached hydrogens (tertiary/aromatic N) is 3. The van der Waals surface area contributed by atoms with Crippen molar-refractivity contribution in [3.8, 4) is 78.6 Å². The van der Waals surface area contributed by atoms with E-state index >= 15 is 0 Å². The summed E-state index contributed by atoms with van der Waals surface area (Å²) in [4.78, 5) is 10.3. The van der Waals surface area contributed by atoms with Crippen molar-refractivity contribution in [3.63, 3.8) is 0 Å². The summed E-state index contributed by atoms with van der Waals surface area (Å²) in [5.41, 5.74) is 14.6. The van der Waals surface area contributed by atoms with Crippen molar-refractivity contribution in [2.75, 3.05) is 0 Å². The van der Waals surface area contributed by atoms with E-state index in [2.05, 4.69) is 74.5 Å². The third-order valence-electron chi connectivity index (χ3n) is 11.1. The van der Waals surface area contributed by atoms with Gasteiger partial charge in [-0.05, 0) is 76.5 Å². The van der Waals surface area contributed by atoms with Gasteiger partial charge in [-0.25, -0.2) is 4.98 Å². The molecule has 0 aliphatic heterocycles. The molecule has 7 aromatic carbocycles. The van der Waals surface area contributed by atoms with Crippen LogP contribution in [0.5, 0.6) is 5.75 Å². The van der Waals surface area contributed by atoms with Gasteiger partial charge in [0.25, 0.3) is 0 Å². The molecular formula is C52H38N3OPt-. The summed E-state index contributed by atoms with van der Waals surface area (Å²) in [7, 11) is 0. The second-order valence-electron chi connectivity index (χ2n) is 14.9. The van der Waals surface area contributed by atoms with Gasteiger partial charge in [0, 0.05) is 42.6 Å². The Hall–Kier alpha value is -6.35. The Labute approximate surface area is 351 Å². The van der Waals surface area contributed by atoms with Gasteiger partial charge in [0.15, 0.2) is 0 Å². The smallest absolute Gasteiger partial charge is 0.148 e. The number of rotatable bonds is 6. The molecule has 2 aromatic heterocycles. The maximum Gasteiger partial charge on any atom is 0.148 e. The van der Waals surface area contributed by atoms with Crippen LogP contribution < -0.4 is 0 Å². The number of hydrogen-bond donors (Lipinski definition) is 1. The van der Waals surface area contributed by atoms with Gasteiger partial charge < -0.3 is 5.11 Å². The first kappa shape index (κ1) is 32.8. The SMILES string of the molecule is [2H]C([2H])([2H])c1ccc(-n2c(-c3ccccc3O)nc3c(-c4[c-]c(-c5cc(-c6ccccc6)ccn5)cc5c4C(C)(C)c4ccccc4-5)cccc32)c(-c2ccccc2)c1.[Pt]. The van der Waals surface area contributed by atoms with Gasteiger partial charge in [-0.3, -0.25) is 9.55 Å². The van der Waals surface area contributed by atoms with Crippen LogP contribution in [0.1, 0.15) is 34.7 Å². The van der Waals surface area contributed by atoms with Crippen molar-refractivity contribution >= 4 is 11.0 Å². The second kappa shape index (κ2) is 14.3. The number of pyridine rings is 1. The van der Waals surface area contributed by atoms with E-state index in [1.807, 2.05) is 95.7 Å². The number of phenolic OH excluding ortho intramolecular Hbond substituents is 1. The Morgan fingerprint density at radius 2 is 1.33 bits per heavy atom. The Balaban J connectivity index is 0.00000462. The van der Waals surface area contributed by atoms with E-state index in [4.69, 9.17) is 14.1 Å². The van der Waals surface area contributed by atoms with Crippen LogP contribution in [0, 0.1) is 12.9 Å². The molecule has 0 bridgehead atoms. The van der Waals surface area contributed by atoms with E-state index < -0.39 is 6.85 Å². The van der Waals surface area contributed by atoms with Crippen molar-refractivity contribution in [2.24, 2.45) is 0 Å². The molecule has 0 spiro atoms. The second-order valence-corrected chi connectivity index (χ2v) is 14.9. The molecule has 0 saturated heterocycles. The summed E-state index contributed by atoms with van der Waals surface area (Å²) in [6.45, 7) is 2.23. The molecule has 10 rings (SSSR count). The Morgan fingerprint density at radius 3 is 2.11 bits per heavy atom. The van der Waals surface area contributed by atoms with Crippen LogP contribution in [0.3, 0.4) is 0 Å². The minimum absolute atomic E-state index is 0. The minimum Gasteiger partial charge on any atom is -0.507 e. The molecule has 278 valence electrons. The Bertz CT molecular complexity index is 3080. The predicted molar refractivity (Wildman–Crippen MR) is 229 cm³/mol. The zero-order valence-electron chi connectivity index (χ0n) is 34.3. The van der Waals surface area contributed by atoms with Gasteiger partial charge in [-0.15, -0.1) is 17.7 Å². The van der Waals surface area contributed by atoms with Gasteiger partial charge in [-0.1, -0.05) is 163 Å². The van der Waals surface area contributed by atoms with E-state index in [9.17, 15) is 5.11 Å². The monoisotopic (exact) mass is 918 g/mol. The Morgan fingerprint density at radius 1 is 0.632 bits per heavy atom. The average molecular weight is 919 g/mol. The summed E-state index contributed by atoms with van der Waals surface area (Å²) in [6, 6.07) is 57.7. The molecule has 9 aromatic rings. The van der Waals surface area contributed by atoms with Gasteiger partial charge >= 0.3 is 0 Å². The van der Waals surface area contributed by atoms with E-state index in [-0.39, 0.29) is 37.8 Å². The standard InChI is InChI=1S/C52H38N3O.Pt/c1-33-25-26-46(41(29-33)35-17-8-5-9-18-35)55-47-23-14-21-39(50(47)54-51(55)40-20-11-13-24-48(40)56)43-31-37(45-32-36(27-28-53-45)34-15-6-4-7-16-34)30-42-38-19-10-12-22-44(38)52(2,3)49(42)43;/h4-30,32,56H,1-3H3;/q-1;/i1D3;. The van der Waals surface area contributed by atoms with Crippen molar-refractivity contribution in [3.05, 3.63) is 193 Å². The summed E-state index contributed by atoms with van der Waals surface area (Å²) < 4.78 is 26.9. The van der Waals surface area contributed by atoms with E-state index in [0.29, 0.717) is 11.4 Å². The van der Waals surface area contributed by atoms with Crippen molar-refractivity contribution in [2.45, 2.75) is 26.1 Å². The zero-order valence-corrected chi connectivity index (χ0v) is 33.5. The first-order valence-corrected chi connectivity index (χ1v) is 18.8. The topological polar surface area (TPSA) is 50.9 Å². The molecule has 0 radical (unpaired) electrons. The largest absolute Gasteiger partial charge is 0.507 e. The molecule has 1 aliphatic rings. The van der Waals surface area contributed by atoms with Crippen LogP contribution in [0.2, 0.25) is 0 Å². The molecule has 4 nitrogen and oxygen atoms in total. The maximum absolute atomic E-state index is 11.4. The van der Waals surface area contributed by atoms with Crippen molar-refractivity contribution < 1.29 is 30.3 Å². The molecule has 57 heavy (non-hydrogen) atoms. The molecule has 1 aliphatic carbocycles. The van der Waals surface area contributed by atoms with Crippen molar-refractivity contribution in [1.82, 2.24) is 14.5 Å². The zero-order chi connectivity index (χ0) is 40.5. The summed E-state index contributed by atoms with van der Waals surface area (Å²) in [5.74, 6) is 0.610. The van der Waals surface area contributed by atoms with Crippen LogP contribution in [-0.4, -0.2) is 19.6 Å². The summed E-state index contributed by atoms with van der Waals surface area (Å²) in [5, 5.41) is 11.4. The number of benzene rings is 7. The summed E-state index contributed by atoms with van der Waals surface area (Å²) >= 11 is 0. The fraction of sp³-hybridized carbons (Fsp3) is 0.0769. The van der Waals surface area contributed by atoms with E-state index in [1.165, 1.54) is 11.1 Å². The number of aryl methyl sites for hydroxylation is 1. The number of fused-ring (bicyclic) bond motifs is 4. The van der Waals surface area contributed by atoms with Gasteiger partial charge in [-0.2, -0.15) is 0 Å². The number of imidazole rings is 1. The molecule has 0 atom stereocenters. The normalized spacial score (nSPS) is 13.5. The molecule has 5 heteroatoms. The van der Waals surface area contributed by atoms with Crippen LogP contribution in [0.4, 0.5) is 0 Å². The van der Waals surface area contributed by atoms with Crippen molar-refractivity contribution in [1.29, 1.82) is 0 Å². The third kappa shape index (κ3) is 6.04. The number of aromatic nitrogens is 3. The van der Waals surface area contributed by atoms with Gasteiger partial charge in [0.1, 0.15) is 11.6 Å². The number of hydrogen-bond acceptors (Lipinski definition) is 3. The predicted octanol–water partition coefficient (Wildman–Crippen LogP) is 12.9. The van der Waals surface area contributed by atoms with E-state index in [0.717, 1.165) is 72.5 Å². The van der Waals surface area contributed by atoms with Crippen LogP contribution in [0.15, 0.2) is 170 Å². The number of phenols is 1.